The summed E-state index contributed by atoms with van der Waals surface area (Å²) in [6.07, 6.45) is 7.89. The predicted octanol–water partition coefficient (Wildman–Crippen LogP) is 3.82. The number of nitrogens with one attached hydrogen (secondary N) is 1. The van der Waals surface area contributed by atoms with Crippen LogP contribution in [0, 0.1) is 0 Å². The Morgan fingerprint density at radius 3 is 2.43 bits per heavy atom. The van der Waals surface area contributed by atoms with E-state index >= 15 is 0 Å². The third kappa shape index (κ3) is 5.44. The number of unbranched alkanes of at least 4 members (excludes halogenated alkanes) is 2. The van der Waals surface area contributed by atoms with Crippen LogP contribution in [0.25, 0.3) is 0 Å². The summed E-state index contributed by atoms with van der Waals surface area (Å²) < 4.78 is 0. The summed E-state index contributed by atoms with van der Waals surface area (Å²) in [5, 5.41) is 3.21. The number of rotatable bonds is 8. The molecule has 118 valence electrons. The number of likely N-dealkylation sites (tertiary alicyclic amines) is 1. The van der Waals surface area contributed by atoms with Crippen LogP contribution in [0.4, 0.5) is 0 Å². The molecule has 0 aliphatic carbocycles. The largest absolute Gasteiger partial charge is 0.319 e. The molecule has 0 spiro atoms. The number of benzene rings is 1. The first-order valence-electron chi connectivity index (χ1n) is 8.79. The fourth-order valence-corrected chi connectivity index (χ4v) is 3.30. The summed E-state index contributed by atoms with van der Waals surface area (Å²) in [5.74, 6) is 0.783. The highest BCUT2D eigenvalue weighted by Gasteiger charge is 2.19. The Morgan fingerprint density at radius 1 is 1.10 bits per heavy atom. The topological polar surface area (TPSA) is 15.3 Å². The highest BCUT2D eigenvalue weighted by molar-refractivity contribution is 5.26. The van der Waals surface area contributed by atoms with Gasteiger partial charge in [-0.2, -0.15) is 0 Å². The van der Waals surface area contributed by atoms with Crippen molar-refractivity contribution in [2.24, 2.45) is 0 Å². The van der Waals surface area contributed by atoms with Gasteiger partial charge < -0.3 is 10.2 Å². The Morgan fingerprint density at radius 2 is 1.81 bits per heavy atom. The minimum absolute atomic E-state index is 0.783. The molecule has 1 aromatic carbocycles. The maximum absolute atomic E-state index is 3.21. The lowest BCUT2D eigenvalue weighted by Gasteiger charge is -2.32. The quantitative estimate of drug-likeness (QED) is 0.732. The van der Waals surface area contributed by atoms with Gasteiger partial charge in [0.05, 0.1) is 0 Å². The Kier molecular flexibility index (Phi) is 7.25. The third-order valence-corrected chi connectivity index (χ3v) is 4.78. The fourth-order valence-electron chi connectivity index (χ4n) is 3.30. The Balaban J connectivity index is 1.76. The first kappa shape index (κ1) is 16.5. The highest BCUT2D eigenvalue weighted by atomic mass is 15.1. The zero-order chi connectivity index (χ0) is 14.9. The van der Waals surface area contributed by atoms with E-state index in [1.165, 1.54) is 57.3 Å². The van der Waals surface area contributed by atoms with Crippen LogP contribution in [0.1, 0.15) is 56.1 Å². The second-order valence-electron chi connectivity index (χ2n) is 6.42. The van der Waals surface area contributed by atoms with Crippen LogP contribution in [-0.4, -0.2) is 38.1 Å². The van der Waals surface area contributed by atoms with Gasteiger partial charge in [0.1, 0.15) is 0 Å². The normalized spacial score (nSPS) is 17.2. The van der Waals surface area contributed by atoms with Crippen molar-refractivity contribution in [3.63, 3.8) is 0 Å². The van der Waals surface area contributed by atoms with Gasteiger partial charge >= 0.3 is 0 Å². The second kappa shape index (κ2) is 9.22. The lowest BCUT2D eigenvalue weighted by atomic mass is 9.88. The van der Waals surface area contributed by atoms with Gasteiger partial charge in [0, 0.05) is 0 Å². The smallest absolute Gasteiger partial charge is 0.00114 e. The van der Waals surface area contributed by atoms with Crippen LogP contribution in [0.3, 0.4) is 0 Å². The van der Waals surface area contributed by atoms with Crippen LogP contribution < -0.4 is 5.32 Å². The maximum Gasteiger partial charge on any atom is -0.00114 e. The molecular weight excluding hydrogens is 256 g/mol. The van der Waals surface area contributed by atoms with Crippen LogP contribution in [-0.2, 0) is 6.42 Å². The molecule has 0 saturated carbocycles. The summed E-state index contributed by atoms with van der Waals surface area (Å²) in [7, 11) is 2.02. The van der Waals surface area contributed by atoms with E-state index in [1.54, 1.807) is 5.56 Å². The highest BCUT2D eigenvalue weighted by Crippen LogP contribution is 2.28. The van der Waals surface area contributed by atoms with Gasteiger partial charge in [-0.05, 0) is 76.0 Å². The van der Waals surface area contributed by atoms with Gasteiger partial charge in [-0.25, -0.2) is 0 Å². The number of hydrogen-bond donors (Lipinski definition) is 1. The van der Waals surface area contributed by atoms with E-state index in [4.69, 9.17) is 0 Å². The van der Waals surface area contributed by atoms with Gasteiger partial charge in [-0.1, -0.05) is 44.0 Å². The SMILES string of the molecule is CCCCCN1CCC(c2ccc(CCNC)cc2)CC1. The van der Waals surface area contributed by atoms with Crippen molar-refractivity contribution < 1.29 is 0 Å². The first-order valence-corrected chi connectivity index (χ1v) is 8.79. The van der Waals surface area contributed by atoms with Gasteiger partial charge in [0.25, 0.3) is 0 Å². The number of piperidine rings is 1. The Labute approximate surface area is 130 Å². The van der Waals surface area contributed by atoms with Crippen LogP contribution in [0.15, 0.2) is 24.3 Å². The molecule has 0 bridgehead atoms. The summed E-state index contributed by atoms with van der Waals surface area (Å²) in [5.41, 5.74) is 3.00. The molecule has 2 heteroatoms. The van der Waals surface area contributed by atoms with Crippen molar-refractivity contribution in [1.29, 1.82) is 0 Å². The summed E-state index contributed by atoms with van der Waals surface area (Å²) in [6, 6.07) is 9.37. The molecule has 0 unspecified atom stereocenters. The first-order chi connectivity index (χ1) is 10.3. The molecule has 1 fully saturated rings. The molecule has 21 heavy (non-hydrogen) atoms. The van der Waals surface area contributed by atoms with E-state index in [0.717, 1.165) is 18.9 Å². The van der Waals surface area contributed by atoms with Crippen molar-refractivity contribution in [2.75, 3.05) is 33.2 Å². The molecule has 2 nitrogen and oxygen atoms in total. The standard InChI is InChI=1S/C19H32N2/c1-3-4-5-14-21-15-11-19(12-16-21)18-8-6-17(7-9-18)10-13-20-2/h6-9,19-20H,3-5,10-16H2,1-2H3. The average Bonchev–Trinajstić information content (AvgIpc) is 2.54. The maximum atomic E-state index is 3.21. The number of nitrogens with zero attached hydrogens (tertiary/aromatic N) is 1. The van der Waals surface area contributed by atoms with Crippen molar-refractivity contribution in [3.8, 4) is 0 Å². The van der Waals surface area contributed by atoms with E-state index in [-0.39, 0.29) is 0 Å². The molecule has 0 aromatic heterocycles. The molecule has 2 rings (SSSR count). The lowest BCUT2D eigenvalue weighted by Crippen LogP contribution is -2.33. The van der Waals surface area contributed by atoms with E-state index in [2.05, 4.69) is 41.4 Å². The minimum atomic E-state index is 0.783. The zero-order valence-corrected chi connectivity index (χ0v) is 13.9. The second-order valence-corrected chi connectivity index (χ2v) is 6.42. The molecule has 0 amide bonds. The van der Waals surface area contributed by atoms with Crippen LogP contribution >= 0.6 is 0 Å². The van der Waals surface area contributed by atoms with Crippen molar-refractivity contribution in [3.05, 3.63) is 35.4 Å². The Bertz CT molecular complexity index is 377. The van der Waals surface area contributed by atoms with Gasteiger partial charge in [-0.15, -0.1) is 0 Å². The third-order valence-electron chi connectivity index (χ3n) is 4.78. The summed E-state index contributed by atoms with van der Waals surface area (Å²) >= 11 is 0. The molecule has 0 radical (unpaired) electrons. The van der Waals surface area contributed by atoms with Crippen molar-refractivity contribution in [1.82, 2.24) is 10.2 Å². The van der Waals surface area contributed by atoms with E-state index < -0.39 is 0 Å². The molecule has 1 aliphatic rings. The van der Waals surface area contributed by atoms with Crippen LogP contribution in [0.5, 0.6) is 0 Å². The monoisotopic (exact) mass is 288 g/mol. The molecule has 1 aromatic rings. The number of likely N-dealkylation sites (N-methyl/N-ethyl adjacent to an activating group) is 1. The molecule has 1 N–H and O–H groups in total. The zero-order valence-electron chi connectivity index (χ0n) is 13.9. The summed E-state index contributed by atoms with van der Waals surface area (Å²) in [6.45, 7) is 7.23. The van der Waals surface area contributed by atoms with Gasteiger partial charge in [0.2, 0.25) is 0 Å². The minimum Gasteiger partial charge on any atom is -0.319 e. The van der Waals surface area contributed by atoms with Crippen molar-refractivity contribution >= 4 is 0 Å². The Hall–Kier alpha value is -0.860. The molecule has 1 saturated heterocycles. The van der Waals surface area contributed by atoms with Crippen molar-refractivity contribution in [2.45, 2.75) is 51.4 Å². The van der Waals surface area contributed by atoms with E-state index in [9.17, 15) is 0 Å². The van der Waals surface area contributed by atoms with Crippen LogP contribution in [0.2, 0.25) is 0 Å². The molecule has 1 heterocycles. The van der Waals surface area contributed by atoms with E-state index in [0.29, 0.717) is 0 Å². The lowest BCUT2D eigenvalue weighted by molar-refractivity contribution is 0.208. The number of hydrogen-bond acceptors (Lipinski definition) is 2. The molecule has 0 atom stereocenters. The van der Waals surface area contributed by atoms with Gasteiger partial charge in [-0.3, -0.25) is 0 Å². The predicted molar refractivity (Wildman–Crippen MR) is 92.0 cm³/mol. The van der Waals surface area contributed by atoms with Gasteiger partial charge in [0.15, 0.2) is 0 Å². The molecule has 1 aliphatic heterocycles. The van der Waals surface area contributed by atoms with E-state index in [1.807, 2.05) is 7.05 Å². The average molecular weight is 288 g/mol. The molecular formula is C19H32N2. The fraction of sp³-hybridized carbons (Fsp3) is 0.684. The summed E-state index contributed by atoms with van der Waals surface area (Å²) in [4.78, 5) is 2.66.